The van der Waals surface area contributed by atoms with Gasteiger partial charge in [0.25, 0.3) is 5.91 Å². The number of carbonyl (C=O) groups excluding carboxylic acids is 1. The van der Waals surface area contributed by atoms with Crippen molar-refractivity contribution in [3.8, 4) is 5.75 Å². The molecule has 0 bridgehead atoms. The molecule has 0 aliphatic rings. The van der Waals surface area contributed by atoms with Crippen molar-refractivity contribution in [3.63, 3.8) is 0 Å². The van der Waals surface area contributed by atoms with Gasteiger partial charge in [0.15, 0.2) is 5.76 Å². The summed E-state index contributed by atoms with van der Waals surface area (Å²) in [5.41, 5.74) is 1.66. The van der Waals surface area contributed by atoms with E-state index in [1.807, 2.05) is 43.3 Å². The fourth-order valence-electron chi connectivity index (χ4n) is 2.15. The third kappa shape index (κ3) is 3.97. The fourth-order valence-corrected chi connectivity index (χ4v) is 2.27. The SMILES string of the molecule is Cc1cc(OCc2ccc(C(=O)Nc3ccccc3)o2)ccc1Cl. The van der Waals surface area contributed by atoms with Gasteiger partial charge in [-0.3, -0.25) is 4.79 Å². The van der Waals surface area contributed by atoms with E-state index in [0.717, 1.165) is 5.56 Å². The average molecular weight is 342 g/mol. The average Bonchev–Trinajstić information content (AvgIpc) is 3.06. The lowest BCUT2D eigenvalue weighted by atomic mass is 10.2. The van der Waals surface area contributed by atoms with Crippen molar-refractivity contribution in [2.75, 3.05) is 5.32 Å². The number of anilines is 1. The maximum Gasteiger partial charge on any atom is 0.291 e. The zero-order valence-corrected chi connectivity index (χ0v) is 13.8. The van der Waals surface area contributed by atoms with Crippen LogP contribution in [0.1, 0.15) is 21.9 Å². The van der Waals surface area contributed by atoms with Crippen molar-refractivity contribution in [2.45, 2.75) is 13.5 Å². The summed E-state index contributed by atoms with van der Waals surface area (Å²) in [5, 5.41) is 3.47. The molecule has 4 nitrogen and oxygen atoms in total. The minimum absolute atomic E-state index is 0.236. The molecule has 2 aromatic carbocycles. The van der Waals surface area contributed by atoms with Crippen LogP contribution in [0.4, 0.5) is 5.69 Å². The number of amides is 1. The van der Waals surface area contributed by atoms with Crippen LogP contribution in [0.5, 0.6) is 5.75 Å². The molecule has 3 rings (SSSR count). The molecule has 1 N–H and O–H groups in total. The zero-order chi connectivity index (χ0) is 16.9. The van der Waals surface area contributed by atoms with Gasteiger partial charge in [0.05, 0.1) is 0 Å². The topological polar surface area (TPSA) is 51.5 Å². The molecule has 0 aliphatic carbocycles. The highest BCUT2D eigenvalue weighted by molar-refractivity contribution is 6.31. The van der Waals surface area contributed by atoms with Crippen molar-refractivity contribution in [1.29, 1.82) is 0 Å². The Morgan fingerprint density at radius 3 is 2.67 bits per heavy atom. The number of para-hydroxylation sites is 1. The highest BCUT2D eigenvalue weighted by Gasteiger charge is 2.12. The Hall–Kier alpha value is -2.72. The molecular weight excluding hydrogens is 326 g/mol. The lowest BCUT2D eigenvalue weighted by Gasteiger charge is -2.06. The Kier molecular flexibility index (Phi) is 4.87. The van der Waals surface area contributed by atoms with Gasteiger partial charge in [0.1, 0.15) is 18.1 Å². The lowest BCUT2D eigenvalue weighted by molar-refractivity contribution is 0.0992. The Bertz CT molecular complexity index is 843. The zero-order valence-electron chi connectivity index (χ0n) is 13.1. The van der Waals surface area contributed by atoms with Crippen LogP contribution in [0.3, 0.4) is 0 Å². The second-order valence-electron chi connectivity index (χ2n) is 5.29. The van der Waals surface area contributed by atoms with Crippen molar-refractivity contribution < 1.29 is 13.9 Å². The number of benzene rings is 2. The van der Waals surface area contributed by atoms with Crippen molar-refractivity contribution in [3.05, 3.63) is 82.8 Å². The van der Waals surface area contributed by atoms with E-state index in [0.29, 0.717) is 22.2 Å². The van der Waals surface area contributed by atoms with Crippen LogP contribution in [0.15, 0.2) is 65.1 Å². The molecule has 0 saturated carbocycles. The standard InChI is InChI=1S/C19H16ClNO3/c1-13-11-15(7-9-17(13)20)23-12-16-8-10-18(24-16)19(22)21-14-5-3-2-4-6-14/h2-11H,12H2,1H3,(H,21,22). The van der Waals surface area contributed by atoms with Crippen LogP contribution in [0.2, 0.25) is 5.02 Å². The summed E-state index contributed by atoms with van der Waals surface area (Å²) >= 11 is 5.98. The number of nitrogens with one attached hydrogen (secondary N) is 1. The predicted molar refractivity (Wildman–Crippen MR) is 93.6 cm³/mol. The second-order valence-corrected chi connectivity index (χ2v) is 5.69. The fraction of sp³-hybridized carbons (Fsp3) is 0.105. The Morgan fingerprint density at radius 2 is 1.92 bits per heavy atom. The summed E-state index contributed by atoms with van der Waals surface area (Å²) in [6, 6.07) is 18.0. The Labute approximate surface area is 145 Å². The summed E-state index contributed by atoms with van der Waals surface area (Å²) in [6.07, 6.45) is 0. The molecule has 24 heavy (non-hydrogen) atoms. The number of aryl methyl sites for hydroxylation is 1. The number of halogens is 1. The highest BCUT2D eigenvalue weighted by atomic mass is 35.5. The summed E-state index contributed by atoms with van der Waals surface area (Å²) in [4.78, 5) is 12.1. The second kappa shape index (κ2) is 7.23. The van der Waals surface area contributed by atoms with Gasteiger partial charge in [0, 0.05) is 10.7 Å². The lowest BCUT2D eigenvalue weighted by Crippen LogP contribution is -2.10. The molecule has 1 heterocycles. The van der Waals surface area contributed by atoms with E-state index in [4.69, 9.17) is 20.8 Å². The first-order valence-electron chi connectivity index (χ1n) is 7.46. The van der Waals surface area contributed by atoms with Crippen LogP contribution >= 0.6 is 11.6 Å². The van der Waals surface area contributed by atoms with Crippen LogP contribution in [-0.4, -0.2) is 5.91 Å². The van der Waals surface area contributed by atoms with E-state index >= 15 is 0 Å². The molecule has 1 aromatic heterocycles. The van der Waals surface area contributed by atoms with Gasteiger partial charge in [-0.05, 0) is 55.0 Å². The van der Waals surface area contributed by atoms with E-state index in [1.165, 1.54) is 0 Å². The van der Waals surface area contributed by atoms with Crippen LogP contribution < -0.4 is 10.1 Å². The third-order valence-corrected chi connectivity index (χ3v) is 3.85. The molecular formula is C19H16ClNO3. The van der Waals surface area contributed by atoms with Gasteiger partial charge in [-0.1, -0.05) is 29.8 Å². The molecule has 1 amide bonds. The smallest absolute Gasteiger partial charge is 0.291 e. The maximum atomic E-state index is 12.1. The summed E-state index contributed by atoms with van der Waals surface area (Å²) < 4.78 is 11.2. The minimum Gasteiger partial charge on any atom is -0.486 e. The summed E-state index contributed by atoms with van der Waals surface area (Å²) in [7, 11) is 0. The third-order valence-electron chi connectivity index (χ3n) is 3.43. The Balaban J connectivity index is 1.60. The summed E-state index contributed by atoms with van der Waals surface area (Å²) in [6.45, 7) is 2.15. The molecule has 0 aliphatic heterocycles. The largest absolute Gasteiger partial charge is 0.486 e. The molecule has 0 saturated heterocycles. The number of rotatable bonds is 5. The van der Waals surface area contributed by atoms with Crippen LogP contribution in [0.25, 0.3) is 0 Å². The molecule has 5 heteroatoms. The van der Waals surface area contributed by atoms with Gasteiger partial charge in [-0.15, -0.1) is 0 Å². The molecule has 0 fully saturated rings. The van der Waals surface area contributed by atoms with E-state index in [2.05, 4.69) is 5.32 Å². The first-order valence-corrected chi connectivity index (χ1v) is 7.84. The van der Waals surface area contributed by atoms with Gasteiger partial charge in [0.2, 0.25) is 0 Å². The molecule has 0 spiro atoms. The molecule has 0 radical (unpaired) electrons. The first-order chi connectivity index (χ1) is 11.6. The molecule has 3 aromatic rings. The monoisotopic (exact) mass is 341 g/mol. The number of ether oxygens (including phenoxy) is 1. The Morgan fingerprint density at radius 1 is 1.12 bits per heavy atom. The van der Waals surface area contributed by atoms with Crippen molar-refractivity contribution >= 4 is 23.2 Å². The molecule has 0 unspecified atom stereocenters. The normalized spacial score (nSPS) is 10.4. The van der Waals surface area contributed by atoms with Gasteiger partial charge < -0.3 is 14.5 Å². The molecule has 122 valence electrons. The number of hydrogen-bond acceptors (Lipinski definition) is 3. The first kappa shape index (κ1) is 16.1. The van der Waals surface area contributed by atoms with Crippen LogP contribution in [0, 0.1) is 6.92 Å². The van der Waals surface area contributed by atoms with E-state index in [1.54, 1.807) is 24.3 Å². The minimum atomic E-state index is -0.296. The van der Waals surface area contributed by atoms with Gasteiger partial charge >= 0.3 is 0 Å². The number of hydrogen-bond donors (Lipinski definition) is 1. The van der Waals surface area contributed by atoms with Crippen molar-refractivity contribution in [2.24, 2.45) is 0 Å². The van der Waals surface area contributed by atoms with E-state index < -0.39 is 0 Å². The quantitative estimate of drug-likeness (QED) is 0.704. The van der Waals surface area contributed by atoms with Gasteiger partial charge in [-0.2, -0.15) is 0 Å². The van der Waals surface area contributed by atoms with E-state index in [-0.39, 0.29) is 18.3 Å². The highest BCUT2D eigenvalue weighted by Crippen LogP contribution is 2.22. The summed E-state index contributed by atoms with van der Waals surface area (Å²) in [5.74, 6) is 1.21. The number of furan rings is 1. The van der Waals surface area contributed by atoms with Gasteiger partial charge in [-0.25, -0.2) is 0 Å². The number of carbonyl (C=O) groups is 1. The maximum absolute atomic E-state index is 12.1. The predicted octanol–water partition coefficient (Wildman–Crippen LogP) is 5.07. The molecule has 0 atom stereocenters. The van der Waals surface area contributed by atoms with Crippen LogP contribution in [-0.2, 0) is 6.61 Å². The van der Waals surface area contributed by atoms with Crippen molar-refractivity contribution in [1.82, 2.24) is 0 Å². The van der Waals surface area contributed by atoms with E-state index in [9.17, 15) is 4.79 Å².